The molecule has 152 valence electrons. The average Bonchev–Trinajstić information content (AvgIpc) is 2.65. The Morgan fingerprint density at radius 3 is 2.54 bits per heavy atom. The number of carbonyl (C=O) groups excluding carboxylic acids is 3. The van der Waals surface area contributed by atoms with Crippen LogP contribution in [-0.2, 0) is 9.53 Å². The third kappa shape index (κ3) is 6.72. The molecule has 1 fully saturated rings. The van der Waals surface area contributed by atoms with E-state index < -0.39 is 11.7 Å². The lowest BCUT2D eigenvalue weighted by molar-refractivity contribution is -0.111. The number of nitrogens with zero attached hydrogens (tertiary/aromatic N) is 1. The molecule has 28 heavy (non-hydrogen) atoms. The molecule has 2 rings (SSSR count). The van der Waals surface area contributed by atoms with Gasteiger partial charge in [0, 0.05) is 30.9 Å². The number of hydrogen-bond donors (Lipinski definition) is 2. The summed E-state index contributed by atoms with van der Waals surface area (Å²) in [4.78, 5) is 37.7. The van der Waals surface area contributed by atoms with E-state index in [1.807, 2.05) is 25.7 Å². The lowest BCUT2D eigenvalue weighted by Gasteiger charge is -2.33. The topological polar surface area (TPSA) is 87.7 Å². The molecule has 1 unspecified atom stereocenters. The molecule has 7 heteroatoms. The summed E-state index contributed by atoms with van der Waals surface area (Å²) >= 11 is 0. The summed E-state index contributed by atoms with van der Waals surface area (Å²) in [7, 11) is 0. The van der Waals surface area contributed by atoms with Crippen LogP contribution in [0.5, 0.6) is 0 Å². The number of amides is 3. The van der Waals surface area contributed by atoms with Crippen molar-refractivity contribution in [1.82, 2.24) is 10.2 Å². The Hall–Kier alpha value is -2.83. The van der Waals surface area contributed by atoms with Crippen molar-refractivity contribution in [2.75, 3.05) is 25.0 Å². The molecule has 7 nitrogen and oxygen atoms in total. The number of hydrogen-bond acceptors (Lipinski definition) is 4. The first-order valence-corrected chi connectivity index (χ1v) is 9.47. The fourth-order valence-electron chi connectivity index (χ4n) is 3.03. The lowest BCUT2D eigenvalue weighted by Crippen LogP contribution is -2.44. The Morgan fingerprint density at radius 2 is 1.93 bits per heavy atom. The Kier molecular flexibility index (Phi) is 7.20. The monoisotopic (exact) mass is 387 g/mol. The highest BCUT2D eigenvalue weighted by molar-refractivity contribution is 5.99. The van der Waals surface area contributed by atoms with Gasteiger partial charge in [-0.05, 0) is 69.9 Å². The maximum atomic E-state index is 12.8. The highest BCUT2D eigenvalue weighted by Crippen LogP contribution is 2.19. The van der Waals surface area contributed by atoms with Gasteiger partial charge in [0.2, 0.25) is 5.91 Å². The van der Waals surface area contributed by atoms with Gasteiger partial charge in [0.1, 0.15) is 5.60 Å². The van der Waals surface area contributed by atoms with E-state index >= 15 is 0 Å². The molecule has 1 heterocycles. The van der Waals surface area contributed by atoms with Crippen LogP contribution in [0.1, 0.15) is 44.0 Å². The fourth-order valence-corrected chi connectivity index (χ4v) is 3.03. The van der Waals surface area contributed by atoms with E-state index in [9.17, 15) is 14.4 Å². The van der Waals surface area contributed by atoms with Crippen LogP contribution < -0.4 is 10.6 Å². The van der Waals surface area contributed by atoms with Gasteiger partial charge in [0.05, 0.1) is 0 Å². The van der Waals surface area contributed by atoms with Gasteiger partial charge < -0.3 is 20.3 Å². The smallest absolute Gasteiger partial charge is 0.407 e. The van der Waals surface area contributed by atoms with Crippen LogP contribution in [0.4, 0.5) is 10.5 Å². The molecular formula is C21H29N3O4. The molecule has 0 aromatic heterocycles. The summed E-state index contributed by atoms with van der Waals surface area (Å²) in [6, 6.07) is 6.79. The lowest BCUT2D eigenvalue weighted by atomic mass is 9.97. The Balaban J connectivity index is 1.89. The molecule has 0 spiro atoms. The highest BCUT2D eigenvalue weighted by atomic mass is 16.6. The van der Waals surface area contributed by atoms with E-state index in [0.717, 1.165) is 12.8 Å². The van der Waals surface area contributed by atoms with Gasteiger partial charge in [-0.3, -0.25) is 9.59 Å². The van der Waals surface area contributed by atoms with E-state index in [4.69, 9.17) is 4.74 Å². The van der Waals surface area contributed by atoms with Gasteiger partial charge in [-0.2, -0.15) is 0 Å². The molecule has 1 atom stereocenters. The van der Waals surface area contributed by atoms with Gasteiger partial charge in [-0.25, -0.2) is 4.79 Å². The second-order valence-electron chi connectivity index (χ2n) is 7.91. The average molecular weight is 387 g/mol. The minimum atomic E-state index is -0.532. The van der Waals surface area contributed by atoms with Crippen molar-refractivity contribution in [3.8, 4) is 0 Å². The number of rotatable bonds is 5. The second-order valence-corrected chi connectivity index (χ2v) is 7.91. The number of alkyl carbamates (subject to hydrolysis) is 1. The number of carbonyl (C=O) groups is 3. The molecule has 0 bridgehead atoms. The van der Waals surface area contributed by atoms with Gasteiger partial charge in [-0.15, -0.1) is 0 Å². The number of likely N-dealkylation sites (tertiary alicyclic amines) is 1. The van der Waals surface area contributed by atoms with Crippen LogP contribution in [0.25, 0.3) is 0 Å². The zero-order chi connectivity index (χ0) is 20.7. The van der Waals surface area contributed by atoms with E-state index in [0.29, 0.717) is 30.9 Å². The zero-order valence-corrected chi connectivity index (χ0v) is 16.8. The van der Waals surface area contributed by atoms with E-state index in [1.54, 1.807) is 24.3 Å². The molecule has 0 aliphatic carbocycles. The normalized spacial score (nSPS) is 16.8. The summed E-state index contributed by atoms with van der Waals surface area (Å²) in [5, 5.41) is 5.45. The third-order valence-corrected chi connectivity index (χ3v) is 4.32. The molecule has 0 saturated carbocycles. The number of nitrogens with one attached hydrogen (secondary N) is 2. The predicted molar refractivity (Wildman–Crippen MR) is 108 cm³/mol. The summed E-state index contributed by atoms with van der Waals surface area (Å²) < 4.78 is 5.25. The molecule has 1 aromatic rings. The third-order valence-electron chi connectivity index (χ3n) is 4.32. The summed E-state index contributed by atoms with van der Waals surface area (Å²) in [6.07, 6.45) is 2.60. The van der Waals surface area contributed by atoms with Crippen molar-refractivity contribution in [2.45, 2.75) is 39.2 Å². The standard InChI is InChI=1S/C21H29N3O4/c1-5-18(25)23-17-10-8-16(9-11-17)19(26)24-12-6-7-15(14-24)13-22-20(27)28-21(2,3)4/h5,8-11,15H,1,6-7,12-14H2,2-4H3,(H,22,27)(H,23,25). The Labute approximate surface area is 166 Å². The van der Waals surface area contributed by atoms with Crippen LogP contribution >= 0.6 is 0 Å². The molecular weight excluding hydrogens is 358 g/mol. The molecule has 2 N–H and O–H groups in total. The maximum Gasteiger partial charge on any atom is 0.407 e. The van der Waals surface area contributed by atoms with Crippen LogP contribution in [0.3, 0.4) is 0 Å². The molecule has 1 aromatic carbocycles. The predicted octanol–water partition coefficient (Wildman–Crippen LogP) is 3.19. The van der Waals surface area contributed by atoms with Crippen LogP contribution in [0.2, 0.25) is 0 Å². The van der Waals surface area contributed by atoms with E-state index in [2.05, 4.69) is 17.2 Å². The Bertz CT molecular complexity index is 722. The first kappa shape index (κ1) is 21.5. The fraction of sp³-hybridized carbons (Fsp3) is 0.476. The van der Waals surface area contributed by atoms with Gasteiger partial charge in [0.25, 0.3) is 5.91 Å². The molecule has 1 aliphatic rings. The largest absolute Gasteiger partial charge is 0.444 e. The summed E-state index contributed by atoms with van der Waals surface area (Å²) in [6.45, 7) is 10.6. The number of piperidine rings is 1. The minimum absolute atomic E-state index is 0.0523. The number of benzene rings is 1. The SMILES string of the molecule is C=CC(=O)Nc1ccc(C(=O)N2CCCC(CNC(=O)OC(C)(C)C)C2)cc1. The van der Waals surface area contributed by atoms with E-state index in [-0.39, 0.29) is 17.7 Å². The van der Waals surface area contributed by atoms with Crippen molar-refractivity contribution >= 4 is 23.6 Å². The second kappa shape index (κ2) is 9.39. The van der Waals surface area contributed by atoms with Gasteiger partial charge in [0.15, 0.2) is 0 Å². The molecule has 1 aliphatic heterocycles. The molecule has 1 saturated heterocycles. The van der Waals surface area contributed by atoms with Crippen molar-refractivity contribution in [3.05, 3.63) is 42.5 Å². The summed E-state index contributed by atoms with van der Waals surface area (Å²) in [5.41, 5.74) is 0.646. The highest BCUT2D eigenvalue weighted by Gasteiger charge is 2.25. The minimum Gasteiger partial charge on any atom is -0.444 e. The molecule has 3 amide bonds. The first-order valence-electron chi connectivity index (χ1n) is 9.47. The maximum absolute atomic E-state index is 12.8. The Morgan fingerprint density at radius 1 is 1.25 bits per heavy atom. The number of anilines is 1. The van der Waals surface area contributed by atoms with Crippen molar-refractivity contribution < 1.29 is 19.1 Å². The van der Waals surface area contributed by atoms with E-state index in [1.165, 1.54) is 6.08 Å². The van der Waals surface area contributed by atoms with Crippen molar-refractivity contribution in [1.29, 1.82) is 0 Å². The van der Waals surface area contributed by atoms with Crippen LogP contribution in [0, 0.1) is 5.92 Å². The van der Waals surface area contributed by atoms with Crippen LogP contribution in [0.15, 0.2) is 36.9 Å². The summed E-state index contributed by atoms with van der Waals surface area (Å²) in [5.74, 6) is -0.157. The van der Waals surface area contributed by atoms with Gasteiger partial charge in [-0.1, -0.05) is 6.58 Å². The zero-order valence-electron chi connectivity index (χ0n) is 16.8. The van der Waals surface area contributed by atoms with Crippen LogP contribution in [-0.4, -0.2) is 48.0 Å². The van der Waals surface area contributed by atoms with Crippen molar-refractivity contribution in [2.24, 2.45) is 5.92 Å². The molecule has 0 radical (unpaired) electrons. The van der Waals surface area contributed by atoms with Crippen molar-refractivity contribution in [3.63, 3.8) is 0 Å². The first-order chi connectivity index (χ1) is 13.2. The number of ether oxygens (including phenoxy) is 1. The van der Waals surface area contributed by atoms with Gasteiger partial charge >= 0.3 is 6.09 Å². The quantitative estimate of drug-likeness (QED) is 0.760.